The van der Waals surface area contributed by atoms with Gasteiger partial charge < -0.3 is 21.3 Å². The Kier molecular flexibility index (Phi) is 5.06. The number of anilines is 3. The van der Waals surface area contributed by atoms with Crippen LogP contribution >= 0.6 is 11.6 Å². The van der Waals surface area contributed by atoms with Crippen molar-refractivity contribution in [1.29, 1.82) is 0 Å². The number of carbonyl (C=O) groups excluding carboxylic acids is 1. The molecule has 0 radical (unpaired) electrons. The number of nitrogens with one attached hydrogen (secondary N) is 2. The number of aryl methyl sites for hydroxylation is 1. The summed E-state index contributed by atoms with van der Waals surface area (Å²) in [6.07, 6.45) is 0. The molecule has 0 bridgehead atoms. The lowest BCUT2D eigenvalue weighted by Crippen LogP contribution is -2.48. The van der Waals surface area contributed by atoms with E-state index >= 15 is 0 Å². The van der Waals surface area contributed by atoms with Gasteiger partial charge in [-0.1, -0.05) is 23.7 Å². The third-order valence-corrected chi connectivity index (χ3v) is 5.02. The first-order valence-corrected chi connectivity index (χ1v) is 9.64. The van der Waals surface area contributed by atoms with E-state index < -0.39 is 0 Å². The number of carbonyl (C=O) groups is 1. The van der Waals surface area contributed by atoms with Crippen LogP contribution in [0.4, 0.5) is 17.7 Å². The van der Waals surface area contributed by atoms with Crippen LogP contribution in [-0.2, 0) is 4.79 Å². The maximum absolute atomic E-state index is 12.0. The number of nitrogens with zero attached hydrogens (tertiary/aromatic N) is 5. The average Bonchev–Trinajstić information content (AvgIpc) is 2.66. The number of hydrogen-bond acceptors (Lipinski definition) is 8. The van der Waals surface area contributed by atoms with Gasteiger partial charge in [0.25, 0.3) is 0 Å². The first-order chi connectivity index (χ1) is 13.9. The Hall–Kier alpha value is -3.20. The lowest BCUT2D eigenvalue weighted by atomic mass is 10.0. The molecule has 2 aromatic heterocycles. The van der Waals surface area contributed by atoms with E-state index in [2.05, 4.69) is 25.6 Å². The summed E-state index contributed by atoms with van der Waals surface area (Å²) in [6.45, 7) is 5.19. The summed E-state index contributed by atoms with van der Waals surface area (Å²) in [6, 6.07) is 7.49. The molecule has 10 heteroatoms. The Morgan fingerprint density at radius 1 is 1.28 bits per heavy atom. The Morgan fingerprint density at radius 3 is 2.86 bits per heavy atom. The van der Waals surface area contributed by atoms with E-state index in [0.717, 1.165) is 10.9 Å². The highest BCUT2D eigenvalue weighted by molar-refractivity contribution is 6.35. The van der Waals surface area contributed by atoms with E-state index in [1.54, 1.807) is 13.0 Å². The van der Waals surface area contributed by atoms with Gasteiger partial charge in [0, 0.05) is 24.0 Å². The third-order valence-electron chi connectivity index (χ3n) is 4.72. The standard InChI is InChI=1S/C19H21ClN8O/c1-10(23-19-25-11(2)24-18(21)27-19)13-8-12-4-3-5-14(20)16(12)26-17(13)28-7-6-22-15(29)9-28/h3-5,8,10H,6-7,9H2,1-2H3,(H,22,29)(H3,21,23,24,25,27). The minimum absolute atomic E-state index is 0.0373. The predicted molar refractivity (Wildman–Crippen MR) is 113 cm³/mol. The van der Waals surface area contributed by atoms with Crippen molar-refractivity contribution >= 4 is 46.1 Å². The predicted octanol–water partition coefficient (Wildman–Crippen LogP) is 2.07. The number of nitrogens with two attached hydrogens (primary N) is 1. The first kappa shape index (κ1) is 19.1. The fourth-order valence-corrected chi connectivity index (χ4v) is 3.62. The zero-order valence-corrected chi connectivity index (χ0v) is 16.9. The Balaban J connectivity index is 1.78. The summed E-state index contributed by atoms with van der Waals surface area (Å²) in [7, 11) is 0. The fourth-order valence-electron chi connectivity index (χ4n) is 3.40. The number of fused-ring (bicyclic) bond motifs is 1. The summed E-state index contributed by atoms with van der Waals surface area (Å²) < 4.78 is 0. The minimum Gasteiger partial charge on any atom is -0.368 e. The minimum atomic E-state index is -0.202. The van der Waals surface area contributed by atoms with Crippen molar-refractivity contribution in [3.63, 3.8) is 0 Å². The normalized spacial score (nSPS) is 15.3. The highest BCUT2D eigenvalue weighted by Crippen LogP contribution is 2.32. The van der Waals surface area contributed by atoms with Crippen molar-refractivity contribution < 1.29 is 4.79 Å². The van der Waals surface area contributed by atoms with E-state index in [1.807, 2.05) is 30.0 Å². The van der Waals surface area contributed by atoms with Crippen LogP contribution < -0.4 is 21.3 Å². The molecule has 4 N–H and O–H groups in total. The molecule has 1 aliphatic rings. The lowest BCUT2D eigenvalue weighted by Gasteiger charge is -2.31. The molecule has 1 aromatic carbocycles. The van der Waals surface area contributed by atoms with Crippen LogP contribution in [0.2, 0.25) is 5.02 Å². The van der Waals surface area contributed by atoms with Gasteiger partial charge in [-0.05, 0) is 26.0 Å². The number of para-hydroxylation sites is 1. The molecule has 0 spiro atoms. The van der Waals surface area contributed by atoms with E-state index in [-0.39, 0.29) is 24.4 Å². The van der Waals surface area contributed by atoms with Gasteiger partial charge in [-0.2, -0.15) is 15.0 Å². The second-order valence-corrected chi connectivity index (χ2v) is 7.32. The number of nitrogen functional groups attached to an aromatic ring is 1. The van der Waals surface area contributed by atoms with Crippen LogP contribution in [0.25, 0.3) is 10.9 Å². The zero-order chi connectivity index (χ0) is 20.5. The maximum atomic E-state index is 12.0. The van der Waals surface area contributed by atoms with Crippen molar-refractivity contribution in [2.45, 2.75) is 19.9 Å². The zero-order valence-electron chi connectivity index (χ0n) is 16.1. The second-order valence-electron chi connectivity index (χ2n) is 6.91. The van der Waals surface area contributed by atoms with Crippen molar-refractivity contribution in [2.24, 2.45) is 0 Å². The molecule has 29 heavy (non-hydrogen) atoms. The Labute approximate surface area is 172 Å². The molecule has 1 aliphatic heterocycles. The number of amides is 1. The molecule has 0 aliphatic carbocycles. The highest BCUT2D eigenvalue weighted by atomic mass is 35.5. The van der Waals surface area contributed by atoms with Crippen molar-refractivity contribution in [2.75, 3.05) is 35.6 Å². The quantitative estimate of drug-likeness (QED) is 0.595. The molecule has 0 saturated carbocycles. The monoisotopic (exact) mass is 412 g/mol. The second kappa shape index (κ2) is 7.67. The number of aromatic nitrogens is 4. The van der Waals surface area contributed by atoms with E-state index in [1.165, 1.54) is 0 Å². The van der Waals surface area contributed by atoms with Crippen LogP contribution in [-0.4, -0.2) is 45.5 Å². The van der Waals surface area contributed by atoms with Crippen molar-refractivity contribution in [1.82, 2.24) is 25.3 Å². The molecule has 1 amide bonds. The number of halogens is 1. The van der Waals surface area contributed by atoms with E-state index in [9.17, 15) is 4.79 Å². The van der Waals surface area contributed by atoms with Gasteiger partial charge in [0.1, 0.15) is 11.6 Å². The molecule has 1 fully saturated rings. The van der Waals surface area contributed by atoms with Gasteiger partial charge in [-0.15, -0.1) is 0 Å². The van der Waals surface area contributed by atoms with Crippen LogP contribution in [0.15, 0.2) is 24.3 Å². The van der Waals surface area contributed by atoms with Crippen LogP contribution in [0.3, 0.4) is 0 Å². The summed E-state index contributed by atoms with van der Waals surface area (Å²) in [5.74, 6) is 1.74. The molecule has 9 nitrogen and oxygen atoms in total. The molecule has 1 unspecified atom stereocenters. The SMILES string of the molecule is Cc1nc(N)nc(NC(C)c2cc3cccc(Cl)c3nc2N2CCNC(=O)C2)n1. The lowest BCUT2D eigenvalue weighted by molar-refractivity contribution is -0.120. The van der Waals surface area contributed by atoms with Crippen molar-refractivity contribution in [3.05, 3.63) is 40.7 Å². The Morgan fingerprint density at radius 2 is 2.10 bits per heavy atom. The first-order valence-electron chi connectivity index (χ1n) is 9.26. The number of hydrogen-bond donors (Lipinski definition) is 3. The van der Waals surface area contributed by atoms with E-state index in [4.69, 9.17) is 22.3 Å². The van der Waals surface area contributed by atoms with Crippen LogP contribution in [0, 0.1) is 6.92 Å². The summed E-state index contributed by atoms with van der Waals surface area (Å²) in [4.78, 5) is 31.2. The molecule has 1 atom stereocenters. The van der Waals surface area contributed by atoms with Gasteiger partial charge >= 0.3 is 0 Å². The van der Waals surface area contributed by atoms with Gasteiger partial charge in [-0.25, -0.2) is 4.98 Å². The van der Waals surface area contributed by atoms with E-state index in [0.29, 0.717) is 41.2 Å². The largest absolute Gasteiger partial charge is 0.368 e. The van der Waals surface area contributed by atoms with Crippen LogP contribution in [0.1, 0.15) is 24.4 Å². The molecular weight excluding hydrogens is 392 g/mol. The average molecular weight is 413 g/mol. The fraction of sp³-hybridized carbons (Fsp3) is 0.316. The molecular formula is C19H21ClN8O. The van der Waals surface area contributed by atoms with Crippen molar-refractivity contribution in [3.8, 4) is 0 Å². The third kappa shape index (κ3) is 4.00. The molecule has 1 saturated heterocycles. The number of rotatable bonds is 4. The summed E-state index contributed by atoms with van der Waals surface area (Å²) in [5.41, 5.74) is 7.35. The van der Waals surface area contributed by atoms with Gasteiger partial charge in [0.2, 0.25) is 17.8 Å². The number of pyridine rings is 1. The molecule has 150 valence electrons. The highest BCUT2D eigenvalue weighted by Gasteiger charge is 2.24. The molecule has 3 heterocycles. The Bertz CT molecular complexity index is 1070. The van der Waals surface area contributed by atoms with Gasteiger partial charge in [-0.3, -0.25) is 4.79 Å². The topological polar surface area (TPSA) is 122 Å². The van der Waals surface area contributed by atoms with Gasteiger partial charge in [0.05, 0.1) is 23.1 Å². The van der Waals surface area contributed by atoms with Crippen LogP contribution in [0.5, 0.6) is 0 Å². The maximum Gasteiger partial charge on any atom is 0.239 e. The molecule has 4 rings (SSSR count). The number of benzene rings is 1. The van der Waals surface area contributed by atoms with Gasteiger partial charge in [0.15, 0.2) is 0 Å². The smallest absolute Gasteiger partial charge is 0.239 e. The summed E-state index contributed by atoms with van der Waals surface area (Å²) in [5, 5.41) is 7.59. The number of piperazine rings is 1. The summed E-state index contributed by atoms with van der Waals surface area (Å²) >= 11 is 6.38. The molecule has 3 aromatic rings.